The van der Waals surface area contributed by atoms with Gasteiger partial charge in [-0.1, -0.05) is 5.11 Å². The fourth-order valence-electron chi connectivity index (χ4n) is 1.44. The number of thioether (sulfide) groups is 1. The van der Waals surface area contributed by atoms with Gasteiger partial charge in [0.05, 0.1) is 6.07 Å². The lowest BCUT2D eigenvalue weighted by molar-refractivity contribution is 0.390. The summed E-state index contributed by atoms with van der Waals surface area (Å²) in [5.74, 6) is 2.06. The standard InChI is InChI=1S/C8H13N5S/c9-7-8(1-5-14-6-2-8)11-3-4-12-13-10/h11H,1-6H2. The van der Waals surface area contributed by atoms with Gasteiger partial charge < -0.3 is 0 Å². The van der Waals surface area contributed by atoms with Gasteiger partial charge in [-0.2, -0.15) is 17.0 Å². The van der Waals surface area contributed by atoms with Crippen LogP contribution < -0.4 is 5.32 Å². The van der Waals surface area contributed by atoms with Crippen molar-refractivity contribution in [2.75, 3.05) is 24.6 Å². The molecule has 5 nitrogen and oxygen atoms in total. The van der Waals surface area contributed by atoms with Gasteiger partial charge in [-0.25, -0.2) is 0 Å². The smallest absolute Gasteiger partial charge is 0.108 e. The number of nitriles is 1. The van der Waals surface area contributed by atoms with E-state index in [1.807, 2.05) is 11.8 Å². The Morgan fingerprint density at radius 3 is 2.86 bits per heavy atom. The van der Waals surface area contributed by atoms with Crippen LogP contribution in [0.5, 0.6) is 0 Å². The summed E-state index contributed by atoms with van der Waals surface area (Å²) in [6, 6.07) is 2.34. The second kappa shape index (κ2) is 5.76. The van der Waals surface area contributed by atoms with Crippen molar-refractivity contribution in [3.05, 3.63) is 10.4 Å². The van der Waals surface area contributed by atoms with Gasteiger partial charge in [0.25, 0.3) is 0 Å². The maximum atomic E-state index is 9.07. The van der Waals surface area contributed by atoms with E-state index in [0.717, 1.165) is 24.3 Å². The van der Waals surface area contributed by atoms with E-state index in [-0.39, 0.29) is 5.54 Å². The largest absolute Gasteiger partial charge is 0.299 e. The van der Waals surface area contributed by atoms with Gasteiger partial charge in [-0.05, 0) is 29.9 Å². The van der Waals surface area contributed by atoms with Crippen LogP contribution in [0.3, 0.4) is 0 Å². The highest BCUT2D eigenvalue weighted by Gasteiger charge is 2.31. The Balaban J connectivity index is 2.37. The van der Waals surface area contributed by atoms with Crippen molar-refractivity contribution in [1.29, 1.82) is 5.26 Å². The third-order valence-corrected chi connectivity index (χ3v) is 3.28. The van der Waals surface area contributed by atoms with Gasteiger partial charge in [0.1, 0.15) is 5.54 Å². The Morgan fingerprint density at radius 1 is 1.57 bits per heavy atom. The predicted octanol–water partition coefficient (Wildman–Crippen LogP) is 1.68. The summed E-state index contributed by atoms with van der Waals surface area (Å²) in [7, 11) is 0. The van der Waals surface area contributed by atoms with Crippen molar-refractivity contribution in [3.8, 4) is 6.07 Å². The number of azide groups is 1. The van der Waals surface area contributed by atoms with E-state index in [1.54, 1.807) is 0 Å². The minimum absolute atomic E-state index is 0.379. The van der Waals surface area contributed by atoms with Crippen LogP contribution in [0.4, 0.5) is 0 Å². The van der Waals surface area contributed by atoms with Crippen LogP contribution in [-0.4, -0.2) is 30.1 Å². The van der Waals surface area contributed by atoms with Gasteiger partial charge in [0.2, 0.25) is 0 Å². The van der Waals surface area contributed by atoms with E-state index < -0.39 is 0 Å². The van der Waals surface area contributed by atoms with Crippen molar-refractivity contribution in [3.63, 3.8) is 0 Å². The van der Waals surface area contributed by atoms with Crippen LogP contribution in [0.2, 0.25) is 0 Å². The molecule has 1 rings (SSSR count). The molecule has 0 aliphatic carbocycles. The number of nitrogens with zero attached hydrogens (tertiary/aromatic N) is 4. The number of hydrogen-bond acceptors (Lipinski definition) is 4. The average molecular weight is 211 g/mol. The summed E-state index contributed by atoms with van der Waals surface area (Å²) in [6.45, 7) is 0.995. The minimum atomic E-state index is -0.379. The maximum absolute atomic E-state index is 9.07. The maximum Gasteiger partial charge on any atom is 0.108 e. The Bertz CT molecular complexity index is 259. The lowest BCUT2D eigenvalue weighted by atomic mass is 9.94. The first kappa shape index (κ1) is 11.2. The Hall–Kier alpha value is -0.890. The molecular weight excluding hydrogens is 198 g/mol. The molecule has 1 aliphatic rings. The summed E-state index contributed by atoms with van der Waals surface area (Å²) in [6.07, 6.45) is 1.76. The van der Waals surface area contributed by atoms with Crippen molar-refractivity contribution >= 4 is 11.8 Å². The summed E-state index contributed by atoms with van der Waals surface area (Å²) < 4.78 is 0. The highest BCUT2D eigenvalue weighted by molar-refractivity contribution is 7.99. The molecule has 0 radical (unpaired) electrons. The van der Waals surface area contributed by atoms with Gasteiger partial charge in [0, 0.05) is 18.0 Å². The van der Waals surface area contributed by atoms with Crippen molar-refractivity contribution in [2.24, 2.45) is 5.11 Å². The first-order valence-electron chi connectivity index (χ1n) is 4.58. The normalized spacial score (nSPS) is 19.4. The van der Waals surface area contributed by atoms with E-state index in [0.29, 0.717) is 13.1 Å². The van der Waals surface area contributed by atoms with E-state index in [2.05, 4.69) is 21.4 Å². The fourth-order valence-corrected chi connectivity index (χ4v) is 2.63. The van der Waals surface area contributed by atoms with Crippen molar-refractivity contribution < 1.29 is 0 Å². The molecule has 0 atom stereocenters. The van der Waals surface area contributed by atoms with Crippen molar-refractivity contribution in [1.82, 2.24) is 5.32 Å². The Labute approximate surface area is 87.5 Å². The molecule has 1 heterocycles. The molecule has 1 fully saturated rings. The zero-order chi connectivity index (χ0) is 10.3. The molecular formula is C8H13N5S. The molecule has 76 valence electrons. The van der Waals surface area contributed by atoms with Crippen LogP contribution in [0.1, 0.15) is 12.8 Å². The molecule has 0 bridgehead atoms. The molecule has 0 saturated carbocycles. The predicted molar refractivity (Wildman–Crippen MR) is 56.9 cm³/mol. The number of rotatable bonds is 4. The Kier molecular flexibility index (Phi) is 4.60. The van der Waals surface area contributed by atoms with Crippen molar-refractivity contribution in [2.45, 2.75) is 18.4 Å². The molecule has 0 aromatic heterocycles. The van der Waals surface area contributed by atoms with Crippen LogP contribution in [0.25, 0.3) is 10.4 Å². The first-order chi connectivity index (χ1) is 6.83. The van der Waals surface area contributed by atoms with Gasteiger partial charge in [-0.3, -0.25) is 5.32 Å². The quantitative estimate of drug-likeness (QED) is 0.332. The topological polar surface area (TPSA) is 84.6 Å². The molecule has 0 aromatic carbocycles. The van der Waals surface area contributed by atoms with E-state index in [1.165, 1.54) is 0 Å². The third-order valence-electron chi connectivity index (χ3n) is 2.30. The molecule has 0 aromatic rings. The summed E-state index contributed by atoms with van der Waals surface area (Å²) in [5.41, 5.74) is 7.71. The summed E-state index contributed by atoms with van der Waals surface area (Å²) in [4.78, 5) is 2.66. The first-order valence-corrected chi connectivity index (χ1v) is 5.73. The number of hydrogen-bond donors (Lipinski definition) is 1. The van der Waals surface area contributed by atoms with E-state index in [9.17, 15) is 0 Å². The lowest BCUT2D eigenvalue weighted by Crippen LogP contribution is -2.47. The lowest BCUT2D eigenvalue weighted by Gasteiger charge is -2.31. The number of nitrogens with one attached hydrogen (secondary N) is 1. The summed E-state index contributed by atoms with van der Waals surface area (Å²) >= 11 is 1.88. The second-order valence-corrected chi connectivity index (χ2v) is 4.41. The zero-order valence-corrected chi connectivity index (χ0v) is 8.76. The van der Waals surface area contributed by atoms with Crippen LogP contribution in [0, 0.1) is 11.3 Å². The Morgan fingerprint density at radius 2 is 2.29 bits per heavy atom. The minimum Gasteiger partial charge on any atom is -0.299 e. The summed E-state index contributed by atoms with van der Waals surface area (Å²) in [5, 5.41) is 15.7. The van der Waals surface area contributed by atoms with Crippen LogP contribution >= 0.6 is 11.8 Å². The van der Waals surface area contributed by atoms with E-state index in [4.69, 9.17) is 10.8 Å². The molecule has 1 aliphatic heterocycles. The molecule has 0 spiro atoms. The third kappa shape index (κ3) is 3.11. The van der Waals surface area contributed by atoms with Gasteiger partial charge >= 0.3 is 0 Å². The molecule has 0 unspecified atom stereocenters. The van der Waals surface area contributed by atoms with E-state index >= 15 is 0 Å². The highest BCUT2D eigenvalue weighted by Crippen LogP contribution is 2.26. The molecule has 14 heavy (non-hydrogen) atoms. The molecule has 6 heteroatoms. The molecule has 1 N–H and O–H groups in total. The molecule has 1 saturated heterocycles. The monoisotopic (exact) mass is 211 g/mol. The van der Waals surface area contributed by atoms with Gasteiger partial charge in [0.15, 0.2) is 0 Å². The highest BCUT2D eigenvalue weighted by atomic mass is 32.2. The van der Waals surface area contributed by atoms with Gasteiger partial charge in [-0.15, -0.1) is 0 Å². The average Bonchev–Trinajstić information content (AvgIpc) is 2.26. The second-order valence-electron chi connectivity index (χ2n) is 3.19. The SMILES string of the molecule is N#CC1(NCCN=[N+]=[N-])CCSCC1. The zero-order valence-electron chi connectivity index (χ0n) is 7.94. The van der Waals surface area contributed by atoms with Crippen LogP contribution in [-0.2, 0) is 0 Å². The van der Waals surface area contributed by atoms with Crippen LogP contribution in [0.15, 0.2) is 5.11 Å². The molecule has 0 amide bonds. The fraction of sp³-hybridized carbons (Fsp3) is 0.875.